The van der Waals surface area contributed by atoms with Crippen LogP contribution >= 0.6 is 0 Å². The van der Waals surface area contributed by atoms with Gasteiger partial charge in [0, 0.05) is 6.92 Å². The van der Waals surface area contributed by atoms with Crippen LogP contribution in [0.15, 0.2) is 0 Å². The molecule has 120 valence electrons. The first-order chi connectivity index (χ1) is 9.67. The second-order valence-corrected chi connectivity index (χ2v) is 6.51. The van der Waals surface area contributed by atoms with E-state index in [1.54, 1.807) is 0 Å². The van der Waals surface area contributed by atoms with E-state index in [0.717, 1.165) is 0 Å². The van der Waals surface area contributed by atoms with Crippen LogP contribution in [0.1, 0.15) is 34.6 Å². The molecule has 0 aromatic carbocycles. The van der Waals surface area contributed by atoms with Crippen molar-refractivity contribution in [3.8, 4) is 0 Å². The Balaban J connectivity index is 1.77. The van der Waals surface area contributed by atoms with Crippen molar-refractivity contribution in [2.45, 2.75) is 76.9 Å². The third-order valence-corrected chi connectivity index (χ3v) is 3.73. The zero-order chi connectivity index (χ0) is 15.4. The number of ether oxygens (including phenoxy) is 6. The first-order valence-corrected chi connectivity index (χ1v) is 7.17. The standard InChI is InChI=1S/C14H22O7/c1-7(15)17-12-11-10(20-14(4,5)21-11)9(18-12)8-6-16-13(2,3)19-8/h8-12H,6H2,1-5H3. The zero-order valence-corrected chi connectivity index (χ0v) is 13.0. The molecular weight excluding hydrogens is 280 g/mol. The van der Waals surface area contributed by atoms with Gasteiger partial charge < -0.3 is 28.4 Å². The second kappa shape index (κ2) is 4.89. The maximum atomic E-state index is 11.2. The van der Waals surface area contributed by atoms with Crippen LogP contribution in [0.4, 0.5) is 0 Å². The largest absolute Gasteiger partial charge is 0.433 e. The third kappa shape index (κ3) is 2.93. The highest BCUT2D eigenvalue weighted by Crippen LogP contribution is 2.42. The molecule has 3 heterocycles. The van der Waals surface area contributed by atoms with Gasteiger partial charge in [-0.3, -0.25) is 4.79 Å². The van der Waals surface area contributed by atoms with Crippen molar-refractivity contribution in [3.63, 3.8) is 0 Å². The number of carbonyl (C=O) groups excluding carboxylic acids is 1. The van der Waals surface area contributed by atoms with E-state index in [9.17, 15) is 4.79 Å². The van der Waals surface area contributed by atoms with E-state index in [1.807, 2.05) is 27.7 Å². The Morgan fingerprint density at radius 2 is 1.67 bits per heavy atom. The summed E-state index contributed by atoms with van der Waals surface area (Å²) < 4.78 is 34.1. The molecule has 0 aromatic heterocycles. The van der Waals surface area contributed by atoms with Gasteiger partial charge in [-0.2, -0.15) is 0 Å². The van der Waals surface area contributed by atoms with Crippen molar-refractivity contribution in [1.82, 2.24) is 0 Å². The number of esters is 1. The van der Waals surface area contributed by atoms with Crippen molar-refractivity contribution in [1.29, 1.82) is 0 Å². The molecule has 7 nitrogen and oxygen atoms in total. The molecule has 0 amide bonds. The highest BCUT2D eigenvalue weighted by Gasteiger charge is 2.60. The molecule has 3 saturated heterocycles. The minimum atomic E-state index is -0.786. The van der Waals surface area contributed by atoms with Crippen molar-refractivity contribution in [2.24, 2.45) is 0 Å². The quantitative estimate of drug-likeness (QED) is 0.703. The Bertz CT molecular complexity index is 433. The van der Waals surface area contributed by atoms with E-state index in [4.69, 9.17) is 28.4 Å². The fourth-order valence-electron chi connectivity index (χ4n) is 3.03. The topological polar surface area (TPSA) is 72.5 Å². The van der Waals surface area contributed by atoms with Crippen LogP contribution < -0.4 is 0 Å². The van der Waals surface area contributed by atoms with E-state index in [2.05, 4.69) is 0 Å². The third-order valence-electron chi connectivity index (χ3n) is 3.73. The molecule has 0 bridgehead atoms. The molecule has 3 rings (SSSR count). The lowest BCUT2D eigenvalue weighted by Gasteiger charge is -2.26. The van der Waals surface area contributed by atoms with Gasteiger partial charge in [0.2, 0.25) is 6.29 Å². The average molecular weight is 302 g/mol. The van der Waals surface area contributed by atoms with Gasteiger partial charge in [0.25, 0.3) is 0 Å². The Morgan fingerprint density at radius 1 is 1.00 bits per heavy atom. The fraction of sp³-hybridized carbons (Fsp3) is 0.929. The molecule has 3 aliphatic rings. The van der Waals surface area contributed by atoms with E-state index in [0.29, 0.717) is 6.61 Å². The Hall–Kier alpha value is -0.730. The van der Waals surface area contributed by atoms with Crippen LogP contribution in [0, 0.1) is 0 Å². The van der Waals surface area contributed by atoms with E-state index < -0.39 is 36.0 Å². The van der Waals surface area contributed by atoms with Crippen molar-refractivity contribution < 1.29 is 33.2 Å². The predicted molar refractivity (Wildman–Crippen MR) is 69.2 cm³/mol. The van der Waals surface area contributed by atoms with Crippen LogP contribution in [0.3, 0.4) is 0 Å². The molecule has 7 heteroatoms. The Kier molecular flexibility index (Phi) is 3.53. The van der Waals surface area contributed by atoms with Gasteiger partial charge in [-0.05, 0) is 27.7 Å². The van der Waals surface area contributed by atoms with Gasteiger partial charge in [-0.25, -0.2) is 0 Å². The highest BCUT2D eigenvalue weighted by molar-refractivity contribution is 5.66. The van der Waals surface area contributed by atoms with Gasteiger partial charge in [-0.15, -0.1) is 0 Å². The smallest absolute Gasteiger partial charge is 0.305 e. The fourth-order valence-corrected chi connectivity index (χ4v) is 3.03. The lowest BCUT2D eigenvalue weighted by atomic mass is 10.1. The summed E-state index contributed by atoms with van der Waals surface area (Å²) in [6.45, 7) is 9.08. The first kappa shape index (κ1) is 15.2. The minimum Gasteiger partial charge on any atom is -0.433 e. The maximum absolute atomic E-state index is 11.2. The second-order valence-electron chi connectivity index (χ2n) is 6.51. The molecule has 0 aliphatic carbocycles. The molecule has 0 saturated carbocycles. The lowest BCUT2D eigenvalue weighted by Crippen LogP contribution is -2.40. The maximum Gasteiger partial charge on any atom is 0.305 e. The molecular formula is C14H22O7. The number of hydrogen-bond acceptors (Lipinski definition) is 7. The van der Waals surface area contributed by atoms with E-state index in [1.165, 1.54) is 6.92 Å². The molecule has 0 radical (unpaired) electrons. The van der Waals surface area contributed by atoms with Crippen LogP contribution in [0.5, 0.6) is 0 Å². The SMILES string of the molecule is CC(=O)OC1OC(C2COC(C)(C)O2)C2OC(C)(C)OC12. The van der Waals surface area contributed by atoms with Crippen molar-refractivity contribution in [2.75, 3.05) is 6.61 Å². The Morgan fingerprint density at radius 3 is 2.24 bits per heavy atom. The molecule has 21 heavy (non-hydrogen) atoms. The Labute approximate surface area is 123 Å². The molecule has 5 atom stereocenters. The number of rotatable bonds is 2. The predicted octanol–water partition coefficient (Wildman–Crippen LogP) is 0.946. The summed E-state index contributed by atoms with van der Waals surface area (Å²) in [4.78, 5) is 11.2. The van der Waals surface area contributed by atoms with Crippen LogP contribution in [-0.4, -0.2) is 54.9 Å². The number of hydrogen-bond donors (Lipinski definition) is 0. The number of fused-ring (bicyclic) bond motifs is 1. The van der Waals surface area contributed by atoms with E-state index >= 15 is 0 Å². The molecule has 0 aromatic rings. The van der Waals surface area contributed by atoms with Crippen LogP contribution in [0.2, 0.25) is 0 Å². The van der Waals surface area contributed by atoms with Crippen LogP contribution in [-0.2, 0) is 33.2 Å². The summed E-state index contributed by atoms with van der Waals surface area (Å²) in [6, 6.07) is 0. The summed E-state index contributed by atoms with van der Waals surface area (Å²) in [5.74, 6) is -1.82. The zero-order valence-electron chi connectivity index (χ0n) is 13.0. The summed E-state index contributed by atoms with van der Waals surface area (Å²) in [5.41, 5.74) is 0. The van der Waals surface area contributed by atoms with Gasteiger partial charge in [-0.1, -0.05) is 0 Å². The van der Waals surface area contributed by atoms with Crippen molar-refractivity contribution in [3.05, 3.63) is 0 Å². The first-order valence-electron chi connectivity index (χ1n) is 7.17. The monoisotopic (exact) mass is 302 g/mol. The molecule has 3 aliphatic heterocycles. The lowest BCUT2D eigenvalue weighted by molar-refractivity contribution is -0.244. The summed E-state index contributed by atoms with van der Waals surface area (Å²) >= 11 is 0. The van der Waals surface area contributed by atoms with Crippen molar-refractivity contribution >= 4 is 5.97 Å². The van der Waals surface area contributed by atoms with Gasteiger partial charge >= 0.3 is 5.97 Å². The highest BCUT2D eigenvalue weighted by atomic mass is 16.8. The molecule has 0 N–H and O–H groups in total. The van der Waals surface area contributed by atoms with Crippen LogP contribution in [0.25, 0.3) is 0 Å². The minimum absolute atomic E-state index is 0.287. The molecule has 0 spiro atoms. The summed E-state index contributed by atoms with van der Waals surface area (Å²) in [6.07, 6.45) is -2.28. The molecule has 5 unspecified atom stereocenters. The normalized spacial score (nSPS) is 43.8. The van der Waals surface area contributed by atoms with E-state index in [-0.39, 0.29) is 12.2 Å². The summed E-state index contributed by atoms with van der Waals surface area (Å²) in [5, 5.41) is 0. The molecule has 3 fully saturated rings. The average Bonchev–Trinajstić information content (AvgIpc) is 2.91. The van der Waals surface area contributed by atoms with Gasteiger partial charge in [0.05, 0.1) is 6.61 Å². The number of carbonyl (C=O) groups is 1. The van der Waals surface area contributed by atoms with Gasteiger partial charge in [0.15, 0.2) is 17.7 Å². The summed E-state index contributed by atoms with van der Waals surface area (Å²) in [7, 11) is 0. The van der Waals surface area contributed by atoms with Gasteiger partial charge in [0.1, 0.15) is 18.3 Å².